The summed E-state index contributed by atoms with van der Waals surface area (Å²) in [6.45, 7) is 1.66. The second-order valence-electron chi connectivity index (χ2n) is 5.07. The van der Waals surface area contributed by atoms with E-state index in [1.54, 1.807) is 0 Å². The number of fused-ring (bicyclic) bond motifs is 1. The molecule has 0 saturated carbocycles. The number of rotatable bonds is 3. The van der Waals surface area contributed by atoms with Gasteiger partial charge in [-0.3, -0.25) is 4.79 Å². The van der Waals surface area contributed by atoms with E-state index in [-0.39, 0.29) is 5.91 Å². The average Bonchev–Trinajstić information content (AvgIpc) is 2.74. The first-order valence-electron chi connectivity index (χ1n) is 6.62. The fraction of sp³-hybridized carbons (Fsp3) is 0.312. The van der Waals surface area contributed by atoms with Crippen LogP contribution < -0.4 is 0 Å². The summed E-state index contributed by atoms with van der Waals surface area (Å²) in [7, 11) is 0. The molecule has 1 aliphatic heterocycles. The smallest absolute Gasteiger partial charge is 0.223 e. The van der Waals surface area contributed by atoms with Crippen LogP contribution in [0.25, 0.3) is 10.8 Å². The maximum atomic E-state index is 11.7. The van der Waals surface area contributed by atoms with Crippen molar-refractivity contribution in [1.82, 2.24) is 4.90 Å². The lowest BCUT2D eigenvalue weighted by Gasteiger charge is -2.15. The molecule has 0 aliphatic carbocycles. The molecular formula is C16H16BrNO. The van der Waals surface area contributed by atoms with Crippen molar-refractivity contribution in [1.29, 1.82) is 0 Å². The minimum Gasteiger partial charge on any atom is -0.341 e. The van der Waals surface area contributed by atoms with E-state index in [1.807, 2.05) is 4.90 Å². The van der Waals surface area contributed by atoms with Gasteiger partial charge in [-0.1, -0.05) is 58.4 Å². The van der Waals surface area contributed by atoms with Gasteiger partial charge in [0.1, 0.15) is 0 Å². The lowest BCUT2D eigenvalue weighted by Crippen LogP contribution is -2.27. The highest BCUT2D eigenvalue weighted by molar-refractivity contribution is 9.09. The Labute approximate surface area is 121 Å². The van der Waals surface area contributed by atoms with Crippen LogP contribution in [0.3, 0.4) is 0 Å². The molecule has 1 atom stereocenters. The van der Waals surface area contributed by atoms with Crippen LogP contribution in [0.2, 0.25) is 0 Å². The summed E-state index contributed by atoms with van der Waals surface area (Å²) in [6, 6.07) is 14.9. The van der Waals surface area contributed by atoms with Crippen LogP contribution in [-0.4, -0.2) is 28.7 Å². The van der Waals surface area contributed by atoms with Crippen LogP contribution >= 0.6 is 15.9 Å². The standard InChI is InChI=1S/C16H16BrNO/c17-15-10-16(19)18(11-15)8-7-12-5-6-13-3-1-2-4-14(13)9-12/h1-6,9,15H,7-8,10-11H2. The Morgan fingerprint density at radius 2 is 1.95 bits per heavy atom. The Balaban J connectivity index is 1.70. The maximum absolute atomic E-state index is 11.7. The normalized spacial score (nSPS) is 19.3. The molecule has 98 valence electrons. The molecule has 1 heterocycles. The Morgan fingerprint density at radius 3 is 2.68 bits per heavy atom. The van der Waals surface area contributed by atoms with Crippen molar-refractivity contribution in [2.75, 3.05) is 13.1 Å². The molecule has 1 fully saturated rings. The van der Waals surface area contributed by atoms with Crippen molar-refractivity contribution in [3.63, 3.8) is 0 Å². The zero-order valence-electron chi connectivity index (χ0n) is 10.7. The third-order valence-corrected chi connectivity index (χ3v) is 4.26. The summed E-state index contributed by atoms with van der Waals surface area (Å²) in [4.78, 5) is 14.0. The van der Waals surface area contributed by atoms with Crippen LogP contribution in [0, 0.1) is 0 Å². The van der Waals surface area contributed by atoms with Gasteiger partial charge >= 0.3 is 0 Å². The van der Waals surface area contributed by atoms with Gasteiger partial charge in [0.15, 0.2) is 0 Å². The van der Waals surface area contributed by atoms with Gasteiger partial charge in [-0.2, -0.15) is 0 Å². The number of likely N-dealkylation sites (tertiary alicyclic amines) is 1. The minimum atomic E-state index is 0.266. The predicted molar refractivity (Wildman–Crippen MR) is 81.6 cm³/mol. The number of alkyl halides is 1. The Kier molecular flexibility index (Phi) is 3.56. The summed E-state index contributed by atoms with van der Waals surface area (Å²) < 4.78 is 0. The molecular weight excluding hydrogens is 302 g/mol. The highest BCUT2D eigenvalue weighted by Gasteiger charge is 2.26. The van der Waals surface area contributed by atoms with E-state index in [0.29, 0.717) is 11.2 Å². The first-order valence-corrected chi connectivity index (χ1v) is 7.53. The van der Waals surface area contributed by atoms with E-state index in [9.17, 15) is 4.79 Å². The molecule has 1 amide bonds. The molecule has 1 unspecified atom stereocenters. The highest BCUT2D eigenvalue weighted by atomic mass is 79.9. The summed E-state index contributed by atoms with van der Waals surface area (Å²) >= 11 is 3.52. The zero-order chi connectivity index (χ0) is 13.2. The molecule has 1 aliphatic rings. The van der Waals surface area contributed by atoms with Crippen LogP contribution in [-0.2, 0) is 11.2 Å². The predicted octanol–water partition coefficient (Wildman–Crippen LogP) is 3.38. The number of halogens is 1. The van der Waals surface area contributed by atoms with E-state index in [2.05, 4.69) is 58.4 Å². The molecule has 2 aromatic rings. The number of benzene rings is 2. The maximum Gasteiger partial charge on any atom is 0.223 e. The number of carbonyl (C=O) groups is 1. The Hall–Kier alpha value is -1.35. The molecule has 1 saturated heterocycles. The SMILES string of the molecule is O=C1CC(Br)CN1CCc1ccc2ccccc2c1. The van der Waals surface area contributed by atoms with Crippen molar-refractivity contribution in [3.8, 4) is 0 Å². The van der Waals surface area contributed by atoms with E-state index in [0.717, 1.165) is 19.5 Å². The lowest BCUT2D eigenvalue weighted by molar-refractivity contribution is -0.127. The van der Waals surface area contributed by atoms with E-state index >= 15 is 0 Å². The number of carbonyl (C=O) groups excluding carboxylic acids is 1. The lowest BCUT2D eigenvalue weighted by atomic mass is 10.1. The van der Waals surface area contributed by atoms with Gasteiger partial charge in [0.25, 0.3) is 0 Å². The molecule has 2 nitrogen and oxygen atoms in total. The minimum absolute atomic E-state index is 0.266. The Bertz CT molecular complexity index is 610. The van der Waals surface area contributed by atoms with Gasteiger partial charge < -0.3 is 4.90 Å². The van der Waals surface area contributed by atoms with Crippen molar-refractivity contribution in [2.45, 2.75) is 17.7 Å². The number of nitrogens with zero attached hydrogens (tertiary/aromatic N) is 1. The zero-order valence-corrected chi connectivity index (χ0v) is 12.3. The van der Waals surface area contributed by atoms with Gasteiger partial charge in [-0.05, 0) is 22.8 Å². The summed E-state index contributed by atoms with van der Waals surface area (Å²) in [6.07, 6.45) is 1.56. The van der Waals surface area contributed by atoms with Gasteiger partial charge in [0.05, 0.1) is 0 Å². The van der Waals surface area contributed by atoms with E-state index < -0.39 is 0 Å². The summed E-state index contributed by atoms with van der Waals surface area (Å²) in [5, 5.41) is 2.54. The van der Waals surface area contributed by atoms with Crippen molar-refractivity contribution < 1.29 is 4.79 Å². The fourth-order valence-electron chi connectivity index (χ4n) is 2.60. The Morgan fingerprint density at radius 1 is 1.16 bits per heavy atom. The van der Waals surface area contributed by atoms with Crippen LogP contribution in [0.1, 0.15) is 12.0 Å². The number of hydrogen-bond acceptors (Lipinski definition) is 1. The molecule has 0 spiro atoms. The summed E-state index contributed by atoms with van der Waals surface area (Å²) in [5.41, 5.74) is 1.30. The molecule has 0 N–H and O–H groups in total. The second-order valence-corrected chi connectivity index (χ2v) is 6.37. The monoisotopic (exact) mass is 317 g/mol. The summed E-state index contributed by atoms with van der Waals surface area (Å²) in [5.74, 6) is 0.266. The fourth-order valence-corrected chi connectivity index (χ4v) is 3.22. The molecule has 3 heteroatoms. The third-order valence-electron chi connectivity index (χ3n) is 3.65. The first kappa shape index (κ1) is 12.7. The molecule has 2 aromatic carbocycles. The van der Waals surface area contributed by atoms with Crippen molar-refractivity contribution >= 4 is 32.6 Å². The van der Waals surface area contributed by atoms with E-state index in [4.69, 9.17) is 0 Å². The largest absolute Gasteiger partial charge is 0.341 e. The van der Waals surface area contributed by atoms with Crippen LogP contribution in [0.15, 0.2) is 42.5 Å². The van der Waals surface area contributed by atoms with Gasteiger partial charge in [-0.25, -0.2) is 0 Å². The molecule has 0 bridgehead atoms. The second kappa shape index (κ2) is 5.33. The van der Waals surface area contributed by atoms with Crippen LogP contribution in [0.5, 0.6) is 0 Å². The third kappa shape index (κ3) is 2.81. The van der Waals surface area contributed by atoms with E-state index in [1.165, 1.54) is 16.3 Å². The quantitative estimate of drug-likeness (QED) is 0.795. The number of hydrogen-bond donors (Lipinski definition) is 0. The van der Waals surface area contributed by atoms with Crippen molar-refractivity contribution in [3.05, 3.63) is 48.0 Å². The average molecular weight is 318 g/mol. The molecule has 0 radical (unpaired) electrons. The van der Waals surface area contributed by atoms with Crippen molar-refractivity contribution in [2.24, 2.45) is 0 Å². The topological polar surface area (TPSA) is 20.3 Å². The van der Waals surface area contributed by atoms with Gasteiger partial charge in [0, 0.05) is 24.3 Å². The molecule has 3 rings (SSSR count). The highest BCUT2D eigenvalue weighted by Crippen LogP contribution is 2.20. The number of amides is 1. The molecule has 19 heavy (non-hydrogen) atoms. The molecule has 0 aromatic heterocycles. The van der Waals surface area contributed by atoms with Gasteiger partial charge in [-0.15, -0.1) is 0 Å². The first-order chi connectivity index (χ1) is 9.22. The van der Waals surface area contributed by atoms with Gasteiger partial charge in [0.2, 0.25) is 5.91 Å². The van der Waals surface area contributed by atoms with Crippen LogP contribution in [0.4, 0.5) is 0 Å².